The Kier molecular flexibility index (Phi) is 9.61. The highest BCUT2D eigenvalue weighted by Gasteiger charge is 2.25. The number of hydrogen-bond donors (Lipinski definition) is 0. The lowest BCUT2D eigenvalue weighted by molar-refractivity contribution is -0.00496. The minimum absolute atomic E-state index is 0.180. The summed E-state index contributed by atoms with van der Waals surface area (Å²) in [6.07, 6.45) is 14.2. The number of rotatable bonds is 14. The normalized spacial score (nSPS) is 12.0. The van der Waals surface area contributed by atoms with Gasteiger partial charge in [0.2, 0.25) is 0 Å². The topological polar surface area (TPSA) is 26.3 Å². The molecule has 3 heterocycles. The van der Waals surface area contributed by atoms with Crippen molar-refractivity contribution in [3.8, 4) is 9.75 Å². The first-order valence-corrected chi connectivity index (χ1v) is 14.4. The third-order valence-electron chi connectivity index (χ3n) is 5.72. The molecule has 0 aliphatic rings. The zero-order chi connectivity index (χ0) is 22.1. The molecule has 0 radical (unpaired) electrons. The van der Waals surface area contributed by atoms with Crippen LogP contribution in [-0.2, 0) is 4.74 Å². The molecule has 0 fully saturated rings. The van der Waals surface area contributed by atoms with Gasteiger partial charge in [0, 0.05) is 15.6 Å². The minimum Gasteiger partial charge on any atom is -0.455 e. The predicted octanol–water partition coefficient (Wildman–Crippen LogP) is 9.94. The van der Waals surface area contributed by atoms with Crippen LogP contribution in [0, 0.1) is 0 Å². The van der Waals surface area contributed by atoms with Gasteiger partial charge in [-0.25, -0.2) is 4.79 Å². The van der Waals surface area contributed by atoms with Crippen molar-refractivity contribution in [1.29, 1.82) is 0 Å². The summed E-state index contributed by atoms with van der Waals surface area (Å²) < 4.78 is 7.11. The highest BCUT2D eigenvalue weighted by atomic mass is 32.1. The lowest BCUT2D eigenvalue weighted by atomic mass is 9.99. The Balaban J connectivity index is 1.40. The molecule has 3 aromatic heterocycles. The molecular weight excluding hydrogens is 440 g/mol. The fourth-order valence-electron chi connectivity index (χ4n) is 3.91. The lowest BCUT2D eigenvalue weighted by Crippen LogP contribution is -2.27. The van der Waals surface area contributed by atoms with Crippen LogP contribution in [0.3, 0.4) is 0 Å². The van der Waals surface area contributed by atoms with E-state index >= 15 is 0 Å². The summed E-state index contributed by atoms with van der Waals surface area (Å²) >= 11 is 5.06. The fraction of sp³-hybridized carbons (Fsp3) is 0.577. The maximum atomic E-state index is 12.8. The van der Waals surface area contributed by atoms with E-state index in [-0.39, 0.29) is 5.97 Å². The minimum atomic E-state index is -0.412. The second-order valence-electron chi connectivity index (χ2n) is 9.02. The van der Waals surface area contributed by atoms with Crippen molar-refractivity contribution in [2.24, 2.45) is 0 Å². The number of esters is 1. The highest BCUT2D eigenvalue weighted by Crippen LogP contribution is 2.42. The van der Waals surface area contributed by atoms with E-state index in [4.69, 9.17) is 4.74 Å². The standard InChI is InChI=1S/C26H36O2S3/c1-4-5-6-7-8-9-10-11-12-13-16-26(2,3)28-25(27)22-18-20-19-30-24(23(20)31-22)21-15-14-17-29-21/h14-15,17-19H,4-13,16H2,1-3H3. The Bertz CT molecular complexity index is 918. The lowest BCUT2D eigenvalue weighted by Gasteiger charge is -2.24. The first-order chi connectivity index (χ1) is 15.0. The molecule has 0 saturated carbocycles. The molecule has 0 N–H and O–H groups in total. The maximum absolute atomic E-state index is 12.8. The van der Waals surface area contributed by atoms with E-state index < -0.39 is 5.60 Å². The quantitative estimate of drug-likeness (QED) is 0.171. The Labute approximate surface area is 199 Å². The van der Waals surface area contributed by atoms with Crippen LogP contribution in [0.1, 0.15) is 101 Å². The van der Waals surface area contributed by atoms with Gasteiger partial charge >= 0.3 is 5.97 Å². The van der Waals surface area contributed by atoms with Crippen LogP contribution < -0.4 is 0 Å². The molecule has 0 amide bonds. The number of carbonyl (C=O) groups excluding carboxylic acids is 1. The van der Waals surface area contributed by atoms with Gasteiger partial charge in [-0.3, -0.25) is 0 Å². The molecule has 0 saturated heterocycles. The number of carbonyl (C=O) groups is 1. The van der Waals surface area contributed by atoms with E-state index in [2.05, 4.69) is 29.8 Å². The summed E-state index contributed by atoms with van der Waals surface area (Å²) in [7, 11) is 0. The van der Waals surface area contributed by atoms with E-state index in [0.29, 0.717) is 4.88 Å². The van der Waals surface area contributed by atoms with E-state index in [9.17, 15) is 4.79 Å². The monoisotopic (exact) mass is 476 g/mol. The molecule has 0 unspecified atom stereocenters. The Morgan fingerprint density at radius 3 is 2.29 bits per heavy atom. The third kappa shape index (κ3) is 7.44. The van der Waals surface area contributed by atoms with Crippen LogP contribution in [-0.4, -0.2) is 11.6 Å². The smallest absolute Gasteiger partial charge is 0.348 e. The molecular formula is C26H36O2S3. The van der Waals surface area contributed by atoms with Crippen molar-refractivity contribution in [3.05, 3.63) is 33.8 Å². The maximum Gasteiger partial charge on any atom is 0.348 e. The average Bonchev–Trinajstić information content (AvgIpc) is 3.46. The van der Waals surface area contributed by atoms with Crippen LogP contribution in [0.15, 0.2) is 29.0 Å². The Morgan fingerprint density at radius 1 is 0.968 bits per heavy atom. The summed E-state index contributed by atoms with van der Waals surface area (Å²) in [5, 5.41) is 5.39. The van der Waals surface area contributed by atoms with Gasteiger partial charge in [-0.2, -0.15) is 0 Å². The number of ether oxygens (including phenoxy) is 1. The van der Waals surface area contributed by atoms with Crippen molar-refractivity contribution in [1.82, 2.24) is 0 Å². The molecule has 31 heavy (non-hydrogen) atoms. The summed E-state index contributed by atoms with van der Waals surface area (Å²) in [5.41, 5.74) is -0.412. The molecule has 0 aliphatic heterocycles. The van der Waals surface area contributed by atoms with Crippen LogP contribution in [0.2, 0.25) is 0 Å². The fourth-order valence-corrected chi connectivity index (χ4v) is 7.09. The molecule has 0 bridgehead atoms. The Hall–Kier alpha value is -1.17. The van der Waals surface area contributed by atoms with Crippen LogP contribution in [0.5, 0.6) is 0 Å². The molecule has 0 spiro atoms. The molecule has 3 rings (SSSR count). The average molecular weight is 477 g/mol. The van der Waals surface area contributed by atoms with Crippen molar-refractivity contribution < 1.29 is 9.53 Å². The van der Waals surface area contributed by atoms with Gasteiger partial charge in [0.05, 0.1) is 9.58 Å². The largest absolute Gasteiger partial charge is 0.455 e. The van der Waals surface area contributed by atoms with Crippen molar-refractivity contribution in [3.63, 3.8) is 0 Å². The SMILES string of the molecule is CCCCCCCCCCCCC(C)(C)OC(=O)c1cc2csc(-c3cccs3)c2s1. The molecule has 0 aromatic carbocycles. The second-order valence-corrected chi connectivity index (χ2v) is 11.9. The number of unbranched alkanes of at least 4 members (excludes halogenated alkanes) is 9. The molecule has 3 aromatic rings. The van der Waals surface area contributed by atoms with Gasteiger partial charge in [0.1, 0.15) is 10.5 Å². The zero-order valence-electron chi connectivity index (χ0n) is 19.2. The van der Waals surface area contributed by atoms with Crippen LogP contribution >= 0.6 is 34.0 Å². The number of hydrogen-bond acceptors (Lipinski definition) is 5. The number of fused-ring (bicyclic) bond motifs is 1. The molecule has 0 atom stereocenters. The van der Waals surface area contributed by atoms with Crippen molar-refractivity contribution in [2.45, 2.75) is 97.0 Å². The Morgan fingerprint density at radius 2 is 1.65 bits per heavy atom. The van der Waals surface area contributed by atoms with Gasteiger partial charge in [0.15, 0.2) is 0 Å². The van der Waals surface area contributed by atoms with Gasteiger partial charge in [-0.05, 0) is 44.2 Å². The number of thiophene rings is 3. The van der Waals surface area contributed by atoms with Crippen molar-refractivity contribution >= 4 is 50.1 Å². The zero-order valence-corrected chi connectivity index (χ0v) is 21.7. The molecule has 170 valence electrons. The van der Waals surface area contributed by atoms with E-state index in [1.165, 1.54) is 72.2 Å². The van der Waals surface area contributed by atoms with E-state index in [0.717, 1.165) is 18.2 Å². The summed E-state index contributed by atoms with van der Waals surface area (Å²) in [6.45, 7) is 6.36. The molecule has 2 nitrogen and oxygen atoms in total. The summed E-state index contributed by atoms with van der Waals surface area (Å²) in [6, 6.07) is 6.21. The van der Waals surface area contributed by atoms with E-state index in [1.807, 2.05) is 19.9 Å². The van der Waals surface area contributed by atoms with Gasteiger partial charge < -0.3 is 4.74 Å². The molecule has 0 aliphatic carbocycles. The van der Waals surface area contributed by atoms with Crippen LogP contribution in [0.25, 0.3) is 19.8 Å². The van der Waals surface area contributed by atoms with E-state index in [1.54, 1.807) is 34.0 Å². The third-order valence-corrected chi connectivity index (χ3v) is 9.04. The van der Waals surface area contributed by atoms with Gasteiger partial charge in [-0.15, -0.1) is 34.0 Å². The molecule has 5 heteroatoms. The first kappa shape index (κ1) is 24.5. The second kappa shape index (κ2) is 12.2. The summed E-state index contributed by atoms with van der Waals surface area (Å²) in [5.74, 6) is -0.180. The summed E-state index contributed by atoms with van der Waals surface area (Å²) in [4.78, 5) is 16.0. The van der Waals surface area contributed by atoms with Gasteiger partial charge in [0.25, 0.3) is 0 Å². The first-order valence-electron chi connectivity index (χ1n) is 11.8. The predicted molar refractivity (Wildman–Crippen MR) is 139 cm³/mol. The van der Waals surface area contributed by atoms with Crippen molar-refractivity contribution in [2.75, 3.05) is 0 Å². The van der Waals surface area contributed by atoms with Gasteiger partial charge in [-0.1, -0.05) is 70.8 Å². The highest BCUT2D eigenvalue weighted by molar-refractivity contribution is 7.28. The van der Waals surface area contributed by atoms with Crippen LogP contribution in [0.4, 0.5) is 0 Å².